The van der Waals surface area contributed by atoms with Crippen molar-refractivity contribution in [1.82, 2.24) is 4.90 Å². The van der Waals surface area contributed by atoms with E-state index >= 15 is 0 Å². The van der Waals surface area contributed by atoms with E-state index in [4.69, 9.17) is 4.74 Å². The minimum Gasteiger partial charge on any atom is -0.379 e. The minimum absolute atomic E-state index is 0.612. The molecule has 17 heavy (non-hydrogen) atoms. The molecule has 0 saturated carbocycles. The smallest absolute Gasteiger partial charge is 0.0594 e. The quantitative estimate of drug-likeness (QED) is 0.773. The summed E-state index contributed by atoms with van der Waals surface area (Å²) in [5.41, 5.74) is 2.91. The fourth-order valence-electron chi connectivity index (χ4n) is 2.90. The van der Waals surface area contributed by atoms with E-state index in [1.807, 2.05) is 0 Å². The molecule has 1 heterocycles. The fourth-order valence-corrected chi connectivity index (χ4v) is 2.90. The maximum atomic E-state index is 5.44. The Balaban J connectivity index is 1.79. The molecular formula is C15H19NO. The molecule has 0 bridgehead atoms. The van der Waals surface area contributed by atoms with E-state index in [1.54, 1.807) is 0 Å². The first kappa shape index (κ1) is 11.0. The van der Waals surface area contributed by atoms with Gasteiger partial charge in [-0.1, -0.05) is 36.4 Å². The number of morpholine rings is 1. The van der Waals surface area contributed by atoms with Gasteiger partial charge < -0.3 is 4.74 Å². The molecule has 0 N–H and O–H groups in total. The Kier molecular flexibility index (Phi) is 3.25. The van der Waals surface area contributed by atoms with Gasteiger partial charge in [-0.3, -0.25) is 4.90 Å². The average molecular weight is 229 g/mol. The molecule has 1 atom stereocenters. The number of rotatable bonds is 2. The van der Waals surface area contributed by atoms with Gasteiger partial charge in [0.15, 0.2) is 0 Å². The lowest BCUT2D eigenvalue weighted by atomic mass is 10.00. The maximum absolute atomic E-state index is 5.44. The Morgan fingerprint density at radius 2 is 1.82 bits per heavy atom. The number of hydrogen-bond donors (Lipinski definition) is 0. The molecule has 2 nitrogen and oxygen atoms in total. The molecular weight excluding hydrogens is 210 g/mol. The largest absolute Gasteiger partial charge is 0.379 e. The van der Waals surface area contributed by atoms with Crippen molar-refractivity contribution >= 4 is 5.57 Å². The molecule has 2 heteroatoms. The molecule has 1 fully saturated rings. The summed E-state index contributed by atoms with van der Waals surface area (Å²) in [6.45, 7) is 3.93. The Morgan fingerprint density at radius 1 is 1.06 bits per heavy atom. The number of hydrogen-bond acceptors (Lipinski definition) is 2. The Labute approximate surface area is 103 Å². The van der Waals surface area contributed by atoms with Crippen LogP contribution in [0.5, 0.6) is 0 Å². The zero-order valence-electron chi connectivity index (χ0n) is 10.1. The molecule has 3 rings (SSSR count). The van der Waals surface area contributed by atoms with Gasteiger partial charge in [0.2, 0.25) is 0 Å². The highest BCUT2D eigenvalue weighted by atomic mass is 16.5. The normalized spacial score (nSPS) is 25.9. The SMILES string of the molecule is C1=C(c2ccccc2)[C@@H](N2CCOCC2)CC1. The third kappa shape index (κ3) is 2.28. The third-order valence-corrected chi connectivity index (χ3v) is 3.76. The van der Waals surface area contributed by atoms with Crippen LogP contribution in [0.1, 0.15) is 18.4 Å². The minimum atomic E-state index is 0.612. The molecule has 1 aromatic carbocycles. The maximum Gasteiger partial charge on any atom is 0.0594 e. The lowest BCUT2D eigenvalue weighted by Gasteiger charge is -2.34. The van der Waals surface area contributed by atoms with E-state index in [9.17, 15) is 0 Å². The second kappa shape index (κ2) is 5.03. The first-order chi connectivity index (χ1) is 8.45. The van der Waals surface area contributed by atoms with Gasteiger partial charge in [0.1, 0.15) is 0 Å². The van der Waals surface area contributed by atoms with Crippen LogP contribution >= 0.6 is 0 Å². The Bertz CT molecular complexity index is 393. The molecule has 1 saturated heterocycles. The molecule has 0 radical (unpaired) electrons. The topological polar surface area (TPSA) is 12.5 Å². The molecule has 0 unspecified atom stereocenters. The van der Waals surface area contributed by atoms with Gasteiger partial charge >= 0.3 is 0 Å². The lowest BCUT2D eigenvalue weighted by molar-refractivity contribution is 0.0273. The van der Waals surface area contributed by atoms with Crippen LogP contribution in [0.3, 0.4) is 0 Å². The van der Waals surface area contributed by atoms with Crippen LogP contribution in [0.15, 0.2) is 36.4 Å². The van der Waals surface area contributed by atoms with Crippen molar-refractivity contribution in [3.63, 3.8) is 0 Å². The summed E-state index contributed by atoms with van der Waals surface area (Å²) >= 11 is 0. The molecule has 0 amide bonds. The van der Waals surface area contributed by atoms with Crippen molar-refractivity contribution < 1.29 is 4.74 Å². The zero-order chi connectivity index (χ0) is 11.5. The predicted molar refractivity (Wildman–Crippen MR) is 69.8 cm³/mol. The number of allylic oxidation sites excluding steroid dienone is 1. The molecule has 0 aromatic heterocycles. The highest BCUT2D eigenvalue weighted by molar-refractivity contribution is 5.71. The lowest BCUT2D eigenvalue weighted by Crippen LogP contribution is -2.43. The van der Waals surface area contributed by atoms with Crippen LogP contribution in [0.4, 0.5) is 0 Å². The van der Waals surface area contributed by atoms with Crippen LogP contribution in [0.2, 0.25) is 0 Å². The van der Waals surface area contributed by atoms with Crippen molar-refractivity contribution in [1.29, 1.82) is 0 Å². The summed E-state index contributed by atoms with van der Waals surface area (Å²) in [6, 6.07) is 11.4. The highest BCUT2D eigenvalue weighted by Crippen LogP contribution is 2.32. The Morgan fingerprint density at radius 3 is 2.59 bits per heavy atom. The summed E-state index contributed by atoms with van der Waals surface area (Å²) in [7, 11) is 0. The summed E-state index contributed by atoms with van der Waals surface area (Å²) in [4.78, 5) is 2.58. The number of nitrogens with zero attached hydrogens (tertiary/aromatic N) is 1. The van der Waals surface area contributed by atoms with Crippen molar-refractivity contribution in [3.8, 4) is 0 Å². The van der Waals surface area contributed by atoms with Crippen LogP contribution in [0, 0.1) is 0 Å². The summed E-state index contributed by atoms with van der Waals surface area (Å²) in [6.07, 6.45) is 4.89. The van der Waals surface area contributed by atoms with Gasteiger partial charge in [-0.25, -0.2) is 0 Å². The van der Waals surface area contributed by atoms with Crippen LogP contribution in [-0.4, -0.2) is 37.2 Å². The van der Waals surface area contributed by atoms with Gasteiger partial charge in [-0.15, -0.1) is 0 Å². The number of benzene rings is 1. The molecule has 90 valence electrons. The van der Waals surface area contributed by atoms with Crippen LogP contribution in [0.25, 0.3) is 5.57 Å². The average Bonchev–Trinajstić information content (AvgIpc) is 2.90. The molecule has 1 aliphatic carbocycles. The molecule has 0 spiro atoms. The fraction of sp³-hybridized carbons (Fsp3) is 0.467. The molecule has 1 aliphatic heterocycles. The van der Waals surface area contributed by atoms with E-state index in [0.717, 1.165) is 26.3 Å². The van der Waals surface area contributed by atoms with Crippen molar-refractivity contribution in [2.75, 3.05) is 26.3 Å². The second-order valence-corrected chi connectivity index (χ2v) is 4.77. The summed E-state index contributed by atoms with van der Waals surface area (Å²) < 4.78 is 5.44. The van der Waals surface area contributed by atoms with Crippen molar-refractivity contribution in [3.05, 3.63) is 42.0 Å². The van der Waals surface area contributed by atoms with Gasteiger partial charge in [0.05, 0.1) is 13.2 Å². The van der Waals surface area contributed by atoms with Gasteiger partial charge in [-0.05, 0) is 24.0 Å². The van der Waals surface area contributed by atoms with Crippen molar-refractivity contribution in [2.24, 2.45) is 0 Å². The Hall–Kier alpha value is -1.12. The first-order valence-corrected chi connectivity index (χ1v) is 6.52. The standard InChI is InChI=1S/C15H19NO/c1-2-5-13(6-3-1)14-7-4-8-15(14)16-9-11-17-12-10-16/h1-3,5-7,15H,4,8-12H2/t15-/m0/s1. The molecule has 1 aromatic rings. The predicted octanol–water partition coefficient (Wildman–Crippen LogP) is 2.56. The third-order valence-electron chi connectivity index (χ3n) is 3.76. The van der Waals surface area contributed by atoms with Crippen molar-refractivity contribution in [2.45, 2.75) is 18.9 Å². The van der Waals surface area contributed by atoms with E-state index < -0.39 is 0 Å². The molecule has 2 aliphatic rings. The summed E-state index contributed by atoms with van der Waals surface area (Å²) in [5.74, 6) is 0. The zero-order valence-corrected chi connectivity index (χ0v) is 10.1. The summed E-state index contributed by atoms with van der Waals surface area (Å²) in [5, 5.41) is 0. The van der Waals surface area contributed by atoms with E-state index in [1.165, 1.54) is 24.0 Å². The van der Waals surface area contributed by atoms with E-state index in [-0.39, 0.29) is 0 Å². The monoisotopic (exact) mass is 229 g/mol. The van der Waals surface area contributed by atoms with Crippen LogP contribution in [-0.2, 0) is 4.74 Å². The van der Waals surface area contributed by atoms with Gasteiger partial charge in [0.25, 0.3) is 0 Å². The first-order valence-electron chi connectivity index (χ1n) is 6.52. The highest BCUT2D eigenvalue weighted by Gasteiger charge is 2.27. The van der Waals surface area contributed by atoms with Gasteiger partial charge in [-0.2, -0.15) is 0 Å². The van der Waals surface area contributed by atoms with Gasteiger partial charge in [0, 0.05) is 19.1 Å². The van der Waals surface area contributed by atoms with Crippen LogP contribution < -0.4 is 0 Å². The van der Waals surface area contributed by atoms with E-state index in [0.29, 0.717) is 6.04 Å². The number of ether oxygens (including phenoxy) is 1. The second-order valence-electron chi connectivity index (χ2n) is 4.77. The van der Waals surface area contributed by atoms with E-state index in [2.05, 4.69) is 41.3 Å².